The summed E-state index contributed by atoms with van der Waals surface area (Å²) in [4.78, 5) is 10.7. The molecule has 4 heteroatoms. The Hall–Kier alpha value is -1.68. The van der Waals surface area contributed by atoms with E-state index >= 15 is 0 Å². The second-order valence-corrected chi connectivity index (χ2v) is 2.13. The van der Waals surface area contributed by atoms with Crippen LogP contribution in [0.25, 0.3) is 0 Å². The standard InChI is InChI=1S/C8H8N2O2/c9-6-8(11)10(12)7-4-2-1-3-5-7/h1-6,9,12H. The molecule has 2 N–H and O–H groups in total. The summed E-state index contributed by atoms with van der Waals surface area (Å²) < 4.78 is 0. The molecule has 0 bridgehead atoms. The number of carbonyl (C=O) groups excluding carboxylic acids is 1. The van der Waals surface area contributed by atoms with E-state index in [4.69, 9.17) is 10.6 Å². The van der Waals surface area contributed by atoms with Crippen LogP contribution < -0.4 is 5.06 Å². The zero-order valence-electron chi connectivity index (χ0n) is 6.27. The molecule has 0 aliphatic rings. The molecule has 0 spiro atoms. The number of nitrogens with one attached hydrogen (secondary N) is 1. The average Bonchev–Trinajstić information content (AvgIpc) is 2.17. The molecule has 4 nitrogen and oxygen atoms in total. The summed E-state index contributed by atoms with van der Waals surface area (Å²) in [6, 6.07) is 8.29. The third-order valence-corrected chi connectivity index (χ3v) is 1.33. The fourth-order valence-electron chi connectivity index (χ4n) is 0.758. The second-order valence-electron chi connectivity index (χ2n) is 2.13. The highest BCUT2D eigenvalue weighted by Crippen LogP contribution is 2.09. The predicted octanol–water partition coefficient (Wildman–Crippen LogP) is 1.06. The van der Waals surface area contributed by atoms with Gasteiger partial charge in [0.2, 0.25) is 0 Å². The van der Waals surface area contributed by atoms with Crippen LogP contribution in [0.2, 0.25) is 0 Å². The van der Waals surface area contributed by atoms with Crippen molar-refractivity contribution >= 4 is 17.8 Å². The minimum atomic E-state index is -0.763. The number of hydrogen-bond donors (Lipinski definition) is 2. The van der Waals surface area contributed by atoms with Crippen LogP contribution in [0, 0.1) is 5.41 Å². The SMILES string of the molecule is N=CC(=O)N(O)c1ccccc1. The molecule has 1 rings (SSSR count). The number of para-hydroxylation sites is 1. The molecule has 62 valence electrons. The summed E-state index contributed by atoms with van der Waals surface area (Å²) in [5.74, 6) is -0.763. The van der Waals surface area contributed by atoms with E-state index < -0.39 is 5.91 Å². The van der Waals surface area contributed by atoms with Crippen LogP contribution in [-0.2, 0) is 4.79 Å². The van der Waals surface area contributed by atoms with Crippen molar-refractivity contribution in [1.82, 2.24) is 0 Å². The van der Waals surface area contributed by atoms with Crippen LogP contribution in [0.1, 0.15) is 0 Å². The van der Waals surface area contributed by atoms with Crippen molar-refractivity contribution in [1.29, 1.82) is 5.41 Å². The van der Waals surface area contributed by atoms with Gasteiger partial charge < -0.3 is 5.41 Å². The van der Waals surface area contributed by atoms with Gasteiger partial charge in [-0.05, 0) is 12.1 Å². The number of hydroxylamine groups is 1. The molecule has 0 heterocycles. The topological polar surface area (TPSA) is 64.4 Å². The molecule has 0 radical (unpaired) electrons. The zero-order valence-corrected chi connectivity index (χ0v) is 6.27. The van der Waals surface area contributed by atoms with Gasteiger partial charge in [-0.1, -0.05) is 18.2 Å². The number of amides is 1. The van der Waals surface area contributed by atoms with Crippen LogP contribution in [-0.4, -0.2) is 17.3 Å². The lowest BCUT2D eigenvalue weighted by Crippen LogP contribution is -2.27. The fourth-order valence-corrected chi connectivity index (χ4v) is 0.758. The normalized spacial score (nSPS) is 9.08. The number of anilines is 1. The van der Waals surface area contributed by atoms with Crippen molar-refractivity contribution in [3.63, 3.8) is 0 Å². The Kier molecular flexibility index (Phi) is 2.55. The summed E-state index contributed by atoms with van der Waals surface area (Å²) in [7, 11) is 0. The first-order chi connectivity index (χ1) is 5.75. The Morgan fingerprint density at radius 1 is 1.42 bits per heavy atom. The molecule has 0 aliphatic heterocycles. The Morgan fingerprint density at radius 2 is 2.00 bits per heavy atom. The van der Waals surface area contributed by atoms with Crippen LogP contribution >= 0.6 is 0 Å². The van der Waals surface area contributed by atoms with E-state index in [1.54, 1.807) is 30.3 Å². The highest BCUT2D eigenvalue weighted by molar-refractivity contribution is 6.30. The Balaban J connectivity index is 2.85. The van der Waals surface area contributed by atoms with Crippen molar-refractivity contribution in [2.24, 2.45) is 0 Å². The molecule has 0 unspecified atom stereocenters. The molecule has 0 saturated carbocycles. The van der Waals surface area contributed by atoms with E-state index in [-0.39, 0.29) is 0 Å². The predicted molar refractivity (Wildman–Crippen MR) is 44.5 cm³/mol. The molecular weight excluding hydrogens is 156 g/mol. The molecule has 0 saturated heterocycles. The van der Waals surface area contributed by atoms with Gasteiger partial charge in [0, 0.05) is 0 Å². The third-order valence-electron chi connectivity index (χ3n) is 1.33. The first-order valence-corrected chi connectivity index (χ1v) is 3.34. The van der Waals surface area contributed by atoms with Crippen LogP contribution in [0.5, 0.6) is 0 Å². The Labute approximate surface area is 69.5 Å². The van der Waals surface area contributed by atoms with Gasteiger partial charge in [-0.15, -0.1) is 0 Å². The maximum atomic E-state index is 10.7. The molecule has 0 aliphatic carbocycles. The summed E-state index contributed by atoms with van der Waals surface area (Å²) in [6.07, 6.45) is 0.549. The Bertz CT molecular complexity index is 284. The van der Waals surface area contributed by atoms with Gasteiger partial charge in [-0.25, -0.2) is 0 Å². The van der Waals surface area contributed by atoms with Gasteiger partial charge in [-0.2, -0.15) is 5.06 Å². The van der Waals surface area contributed by atoms with Gasteiger partial charge in [0.25, 0.3) is 5.91 Å². The van der Waals surface area contributed by atoms with Crippen LogP contribution in [0.4, 0.5) is 5.69 Å². The van der Waals surface area contributed by atoms with Crippen molar-refractivity contribution in [3.05, 3.63) is 30.3 Å². The quantitative estimate of drug-likeness (QED) is 0.390. The lowest BCUT2D eigenvalue weighted by Gasteiger charge is -2.10. The first-order valence-electron chi connectivity index (χ1n) is 3.34. The highest BCUT2D eigenvalue weighted by atomic mass is 16.5. The molecule has 0 fully saturated rings. The lowest BCUT2D eigenvalue weighted by molar-refractivity contribution is -0.116. The molecule has 1 amide bonds. The van der Waals surface area contributed by atoms with Crippen molar-refractivity contribution in [2.75, 3.05) is 5.06 Å². The summed E-state index contributed by atoms with van der Waals surface area (Å²) >= 11 is 0. The summed E-state index contributed by atoms with van der Waals surface area (Å²) in [6.45, 7) is 0. The van der Waals surface area contributed by atoms with Gasteiger partial charge in [-0.3, -0.25) is 10.0 Å². The number of benzene rings is 1. The van der Waals surface area contributed by atoms with Crippen molar-refractivity contribution < 1.29 is 10.0 Å². The minimum absolute atomic E-state index is 0.353. The summed E-state index contributed by atoms with van der Waals surface area (Å²) in [5, 5.41) is 16.2. The highest BCUT2D eigenvalue weighted by Gasteiger charge is 2.08. The van der Waals surface area contributed by atoms with E-state index in [1.807, 2.05) is 0 Å². The lowest BCUT2D eigenvalue weighted by atomic mass is 10.3. The maximum Gasteiger partial charge on any atom is 0.292 e. The van der Waals surface area contributed by atoms with E-state index in [9.17, 15) is 4.79 Å². The Morgan fingerprint density at radius 3 is 2.50 bits per heavy atom. The van der Waals surface area contributed by atoms with Crippen molar-refractivity contribution in [3.8, 4) is 0 Å². The molecular formula is C8H8N2O2. The largest absolute Gasteiger partial charge is 0.303 e. The zero-order chi connectivity index (χ0) is 8.97. The van der Waals surface area contributed by atoms with Crippen molar-refractivity contribution in [2.45, 2.75) is 0 Å². The van der Waals surface area contributed by atoms with Gasteiger partial charge in [0.05, 0.1) is 11.9 Å². The van der Waals surface area contributed by atoms with E-state index in [0.29, 0.717) is 17.0 Å². The second kappa shape index (κ2) is 3.64. The number of carbonyl (C=O) groups is 1. The third kappa shape index (κ3) is 1.67. The minimum Gasteiger partial charge on any atom is -0.303 e. The molecule has 0 atom stereocenters. The smallest absolute Gasteiger partial charge is 0.292 e. The van der Waals surface area contributed by atoms with Gasteiger partial charge >= 0.3 is 0 Å². The number of rotatable bonds is 2. The van der Waals surface area contributed by atoms with Crippen LogP contribution in [0.15, 0.2) is 30.3 Å². The summed E-state index contributed by atoms with van der Waals surface area (Å²) in [5.41, 5.74) is 0.353. The molecule has 1 aromatic carbocycles. The molecule has 0 aromatic heterocycles. The fraction of sp³-hybridized carbons (Fsp3) is 0. The van der Waals surface area contributed by atoms with Gasteiger partial charge in [0.1, 0.15) is 0 Å². The molecule has 12 heavy (non-hydrogen) atoms. The average molecular weight is 164 g/mol. The maximum absolute atomic E-state index is 10.7. The van der Waals surface area contributed by atoms with Gasteiger partial charge in [0.15, 0.2) is 0 Å². The molecule has 1 aromatic rings. The van der Waals surface area contributed by atoms with E-state index in [1.165, 1.54) is 0 Å². The van der Waals surface area contributed by atoms with E-state index in [2.05, 4.69) is 0 Å². The first kappa shape index (κ1) is 8.42. The monoisotopic (exact) mass is 164 g/mol. The number of hydrogen-bond acceptors (Lipinski definition) is 3. The number of nitrogens with zero attached hydrogens (tertiary/aromatic N) is 1. The van der Waals surface area contributed by atoms with E-state index in [0.717, 1.165) is 0 Å². The van der Waals surface area contributed by atoms with Crippen LogP contribution in [0.3, 0.4) is 0 Å².